The zero-order valence-electron chi connectivity index (χ0n) is 16.9. The molecule has 2 fully saturated rings. The summed E-state index contributed by atoms with van der Waals surface area (Å²) in [5, 5.41) is 2.84. The van der Waals surface area contributed by atoms with Crippen LogP contribution in [0.4, 0.5) is 10.5 Å². The van der Waals surface area contributed by atoms with Crippen LogP contribution in [0.25, 0.3) is 0 Å². The van der Waals surface area contributed by atoms with Crippen LogP contribution in [0.1, 0.15) is 43.0 Å². The number of rotatable bonds is 6. The van der Waals surface area contributed by atoms with Gasteiger partial charge in [0.05, 0.1) is 12.2 Å². The minimum atomic E-state index is -0.358. The Balaban J connectivity index is 1.44. The van der Waals surface area contributed by atoms with E-state index in [0.717, 1.165) is 25.7 Å². The smallest absolute Gasteiger partial charge is 0.338 e. The quantitative estimate of drug-likeness (QED) is 0.582. The Bertz CT molecular complexity index is 708. The summed E-state index contributed by atoms with van der Waals surface area (Å²) in [5.41, 5.74) is 1.07. The minimum Gasteiger partial charge on any atom is -0.462 e. The lowest BCUT2D eigenvalue weighted by Crippen LogP contribution is -2.53. The van der Waals surface area contributed by atoms with Crippen molar-refractivity contribution >= 4 is 23.6 Å². The maximum Gasteiger partial charge on any atom is 0.338 e. The fourth-order valence-corrected chi connectivity index (χ4v) is 3.39. The van der Waals surface area contributed by atoms with Crippen LogP contribution in [0.15, 0.2) is 24.3 Å². The molecular formula is C21H29N3O5. The van der Waals surface area contributed by atoms with E-state index < -0.39 is 0 Å². The summed E-state index contributed by atoms with van der Waals surface area (Å²) < 4.78 is 10.6. The summed E-state index contributed by atoms with van der Waals surface area (Å²) in [4.78, 5) is 40.3. The number of amides is 3. The number of piperazine rings is 1. The van der Waals surface area contributed by atoms with Crippen LogP contribution in [0.2, 0.25) is 0 Å². The molecule has 29 heavy (non-hydrogen) atoms. The number of unbranched alkanes of at least 4 members (excludes halogenated alkanes) is 1. The second-order valence-corrected chi connectivity index (χ2v) is 7.31. The summed E-state index contributed by atoms with van der Waals surface area (Å²) in [5.74, 6) is -0.327. The normalized spacial score (nSPS) is 19.1. The summed E-state index contributed by atoms with van der Waals surface area (Å²) in [6.07, 6.45) is 3.19. The van der Waals surface area contributed by atoms with E-state index in [4.69, 9.17) is 9.47 Å². The van der Waals surface area contributed by atoms with E-state index in [2.05, 4.69) is 5.32 Å². The van der Waals surface area contributed by atoms with Gasteiger partial charge in [0.1, 0.15) is 6.10 Å². The Morgan fingerprint density at radius 2 is 1.79 bits per heavy atom. The Morgan fingerprint density at radius 1 is 1.10 bits per heavy atom. The third kappa shape index (κ3) is 5.69. The van der Waals surface area contributed by atoms with E-state index in [1.54, 1.807) is 34.1 Å². The first kappa shape index (κ1) is 21.1. The maximum absolute atomic E-state index is 12.5. The highest BCUT2D eigenvalue weighted by atomic mass is 16.5. The van der Waals surface area contributed by atoms with Crippen LogP contribution in [-0.4, -0.2) is 73.2 Å². The molecule has 2 aliphatic rings. The highest BCUT2D eigenvalue weighted by Gasteiger charge is 2.31. The largest absolute Gasteiger partial charge is 0.462 e. The standard InChI is InChI=1S/C21H29N3O5/c1-2-3-14-29-20(26)16-6-8-17(9-7-16)22-21(27)24-12-10-23(11-13-24)19(25)18-5-4-15-28-18/h6-9,18H,2-5,10-15H2,1H3,(H,22,27). The first-order valence-corrected chi connectivity index (χ1v) is 10.3. The van der Waals surface area contributed by atoms with Gasteiger partial charge in [-0.15, -0.1) is 0 Å². The fraction of sp³-hybridized carbons (Fsp3) is 0.571. The molecule has 8 nitrogen and oxygen atoms in total. The number of ether oxygens (including phenoxy) is 2. The van der Waals surface area contributed by atoms with Crippen molar-refractivity contribution in [2.24, 2.45) is 0 Å². The average molecular weight is 403 g/mol. The maximum atomic E-state index is 12.5. The van der Waals surface area contributed by atoms with Gasteiger partial charge in [0.25, 0.3) is 5.91 Å². The van der Waals surface area contributed by atoms with Gasteiger partial charge in [0.15, 0.2) is 0 Å². The summed E-state index contributed by atoms with van der Waals surface area (Å²) >= 11 is 0. The van der Waals surface area contributed by atoms with Crippen LogP contribution in [0, 0.1) is 0 Å². The van der Waals surface area contributed by atoms with E-state index in [-0.39, 0.29) is 24.0 Å². The number of benzene rings is 1. The number of esters is 1. The highest BCUT2D eigenvalue weighted by Crippen LogP contribution is 2.17. The molecule has 8 heteroatoms. The fourth-order valence-electron chi connectivity index (χ4n) is 3.39. The van der Waals surface area contributed by atoms with Gasteiger partial charge < -0.3 is 24.6 Å². The molecule has 1 N–H and O–H groups in total. The predicted molar refractivity (Wildman–Crippen MR) is 108 cm³/mol. The molecule has 0 spiro atoms. The second-order valence-electron chi connectivity index (χ2n) is 7.31. The Morgan fingerprint density at radius 3 is 2.41 bits per heavy atom. The van der Waals surface area contributed by atoms with Crippen LogP contribution in [0.3, 0.4) is 0 Å². The Kier molecular flexibility index (Phi) is 7.46. The number of hydrogen-bond acceptors (Lipinski definition) is 5. The Labute approximate surface area is 171 Å². The molecule has 2 aliphatic heterocycles. The molecule has 158 valence electrons. The topological polar surface area (TPSA) is 88.2 Å². The van der Waals surface area contributed by atoms with Crippen LogP contribution in [-0.2, 0) is 14.3 Å². The molecule has 0 aliphatic carbocycles. The molecule has 0 bridgehead atoms. The number of nitrogens with one attached hydrogen (secondary N) is 1. The van der Waals surface area contributed by atoms with Gasteiger partial charge >= 0.3 is 12.0 Å². The number of urea groups is 1. The van der Waals surface area contributed by atoms with E-state index in [9.17, 15) is 14.4 Å². The highest BCUT2D eigenvalue weighted by molar-refractivity contribution is 5.92. The molecule has 3 rings (SSSR count). The number of carbonyl (C=O) groups is 3. The van der Waals surface area contributed by atoms with Crippen molar-refractivity contribution in [3.8, 4) is 0 Å². The van der Waals surface area contributed by atoms with E-state index in [0.29, 0.717) is 50.6 Å². The monoisotopic (exact) mass is 403 g/mol. The van der Waals surface area contributed by atoms with Crippen LogP contribution in [0.5, 0.6) is 0 Å². The lowest BCUT2D eigenvalue weighted by molar-refractivity contribution is -0.142. The van der Waals surface area contributed by atoms with Crippen molar-refractivity contribution in [2.75, 3.05) is 44.7 Å². The summed E-state index contributed by atoms with van der Waals surface area (Å²) in [6, 6.07) is 6.44. The van der Waals surface area contributed by atoms with E-state index in [1.165, 1.54) is 0 Å². The first-order chi connectivity index (χ1) is 14.1. The molecule has 0 saturated carbocycles. The van der Waals surface area contributed by atoms with Gasteiger partial charge in [-0.05, 0) is 43.5 Å². The summed E-state index contributed by atoms with van der Waals surface area (Å²) in [7, 11) is 0. The zero-order valence-corrected chi connectivity index (χ0v) is 16.9. The van der Waals surface area contributed by atoms with Gasteiger partial charge in [-0.2, -0.15) is 0 Å². The van der Waals surface area contributed by atoms with Gasteiger partial charge in [0, 0.05) is 38.5 Å². The Hall–Kier alpha value is -2.61. The molecular weight excluding hydrogens is 374 g/mol. The first-order valence-electron chi connectivity index (χ1n) is 10.3. The molecule has 1 aromatic carbocycles. The van der Waals surface area contributed by atoms with Crippen molar-refractivity contribution in [3.63, 3.8) is 0 Å². The second kappa shape index (κ2) is 10.2. The molecule has 3 amide bonds. The molecule has 0 radical (unpaired) electrons. The third-order valence-electron chi connectivity index (χ3n) is 5.19. The van der Waals surface area contributed by atoms with Crippen molar-refractivity contribution in [3.05, 3.63) is 29.8 Å². The zero-order chi connectivity index (χ0) is 20.6. The van der Waals surface area contributed by atoms with Gasteiger partial charge in [-0.1, -0.05) is 13.3 Å². The molecule has 1 atom stereocenters. The number of nitrogens with zero attached hydrogens (tertiary/aromatic N) is 2. The van der Waals surface area contributed by atoms with E-state index >= 15 is 0 Å². The summed E-state index contributed by atoms with van der Waals surface area (Å²) in [6.45, 7) is 5.07. The SMILES string of the molecule is CCCCOC(=O)c1ccc(NC(=O)N2CCN(C(=O)C3CCCO3)CC2)cc1. The van der Waals surface area contributed by atoms with Crippen molar-refractivity contribution in [1.29, 1.82) is 0 Å². The molecule has 2 saturated heterocycles. The number of carbonyl (C=O) groups excluding carboxylic acids is 3. The number of hydrogen-bond donors (Lipinski definition) is 1. The van der Waals surface area contributed by atoms with Crippen molar-refractivity contribution in [2.45, 2.75) is 38.7 Å². The van der Waals surface area contributed by atoms with Crippen LogP contribution < -0.4 is 5.32 Å². The van der Waals surface area contributed by atoms with Crippen molar-refractivity contribution in [1.82, 2.24) is 9.80 Å². The van der Waals surface area contributed by atoms with Gasteiger partial charge in [-0.25, -0.2) is 9.59 Å². The molecule has 2 heterocycles. The average Bonchev–Trinajstić information content (AvgIpc) is 3.29. The van der Waals surface area contributed by atoms with Crippen molar-refractivity contribution < 1.29 is 23.9 Å². The number of anilines is 1. The molecule has 0 aromatic heterocycles. The predicted octanol–water partition coefficient (Wildman–Crippen LogP) is 2.50. The lowest BCUT2D eigenvalue weighted by atomic mass is 10.2. The lowest BCUT2D eigenvalue weighted by Gasteiger charge is -2.35. The molecule has 1 unspecified atom stereocenters. The molecule has 1 aromatic rings. The van der Waals surface area contributed by atoms with E-state index in [1.807, 2.05) is 6.92 Å². The minimum absolute atomic E-state index is 0.0315. The van der Waals surface area contributed by atoms with Gasteiger partial charge in [-0.3, -0.25) is 4.79 Å². The van der Waals surface area contributed by atoms with Crippen LogP contribution >= 0.6 is 0 Å². The van der Waals surface area contributed by atoms with Gasteiger partial charge in [0.2, 0.25) is 0 Å². The third-order valence-corrected chi connectivity index (χ3v) is 5.19.